The number of aromatic amines is 1. The van der Waals surface area contributed by atoms with Crippen LogP contribution in [0, 0.1) is 5.92 Å². The highest BCUT2D eigenvalue weighted by atomic mass is 19.4. The van der Waals surface area contributed by atoms with Crippen LogP contribution in [-0.2, 0) is 11.0 Å². The molecule has 0 radical (unpaired) electrons. The first-order valence-corrected chi connectivity index (χ1v) is 11.3. The summed E-state index contributed by atoms with van der Waals surface area (Å²) in [7, 11) is 0. The van der Waals surface area contributed by atoms with Crippen LogP contribution < -0.4 is 5.32 Å². The molecule has 0 unspecified atom stereocenters. The molecule has 0 aromatic carbocycles. The first kappa shape index (κ1) is 21.9. The molecule has 1 aliphatic carbocycles. The quantitative estimate of drug-likeness (QED) is 0.699. The standard InChI is InChI=1S/C22H30F3N5O/c1-13(2)26-19-18-16(22(23,24)25)12-17(27-20(18)29-28-19)14-8-10-30(11-9-14)21(31)15-6-4-3-5-7-15/h12-15H,3-11H2,1-2H3,(H2,26,27,28,29). The van der Waals surface area contributed by atoms with E-state index in [9.17, 15) is 18.0 Å². The number of hydrogen-bond acceptors (Lipinski definition) is 4. The van der Waals surface area contributed by atoms with Crippen LogP contribution >= 0.6 is 0 Å². The number of fused-ring (bicyclic) bond motifs is 1. The number of alkyl halides is 3. The van der Waals surface area contributed by atoms with Crippen LogP contribution in [-0.4, -0.2) is 45.1 Å². The van der Waals surface area contributed by atoms with Gasteiger partial charge >= 0.3 is 6.18 Å². The summed E-state index contributed by atoms with van der Waals surface area (Å²) in [6.45, 7) is 4.84. The Morgan fingerprint density at radius 2 is 1.84 bits per heavy atom. The van der Waals surface area contributed by atoms with Gasteiger partial charge < -0.3 is 10.2 Å². The maximum atomic E-state index is 13.9. The van der Waals surface area contributed by atoms with Crippen molar-refractivity contribution >= 4 is 22.8 Å². The number of pyridine rings is 1. The summed E-state index contributed by atoms with van der Waals surface area (Å²) in [4.78, 5) is 19.2. The molecule has 2 N–H and O–H groups in total. The van der Waals surface area contributed by atoms with Crippen molar-refractivity contribution in [2.24, 2.45) is 5.92 Å². The molecule has 1 amide bonds. The number of likely N-dealkylation sites (tertiary alicyclic amines) is 1. The maximum Gasteiger partial charge on any atom is 0.417 e. The van der Waals surface area contributed by atoms with E-state index in [1.54, 1.807) is 0 Å². The first-order chi connectivity index (χ1) is 14.7. The Kier molecular flexibility index (Phi) is 6.12. The minimum Gasteiger partial charge on any atom is -0.366 e. The van der Waals surface area contributed by atoms with E-state index in [0.29, 0.717) is 31.6 Å². The van der Waals surface area contributed by atoms with E-state index in [1.165, 1.54) is 12.5 Å². The number of aromatic nitrogens is 3. The third kappa shape index (κ3) is 4.65. The largest absolute Gasteiger partial charge is 0.417 e. The number of nitrogens with one attached hydrogen (secondary N) is 2. The molecule has 170 valence electrons. The molecule has 1 saturated carbocycles. The smallest absolute Gasteiger partial charge is 0.366 e. The Labute approximate surface area is 180 Å². The number of halogens is 3. The lowest BCUT2D eigenvalue weighted by atomic mass is 9.86. The predicted octanol–water partition coefficient (Wildman–Crippen LogP) is 5.08. The molecule has 31 heavy (non-hydrogen) atoms. The van der Waals surface area contributed by atoms with E-state index in [0.717, 1.165) is 25.7 Å². The highest BCUT2D eigenvalue weighted by Gasteiger charge is 2.37. The van der Waals surface area contributed by atoms with Gasteiger partial charge in [-0.3, -0.25) is 9.89 Å². The van der Waals surface area contributed by atoms with Gasteiger partial charge in [-0.2, -0.15) is 18.3 Å². The summed E-state index contributed by atoms with van der Waals surface area (Å²) in [6, 6.07) is 1.12. The Morgan fingerprint density at radius 1 is 1.16 bits per heavy atom. The zero-order valence-corrected chi connectivity index (χ0v) is 18.1. The fourth-order valence-electron chi connectivity index (χ4n) is 4.86. The van der Waals surface area contributed by atoms with Crippen molar-refractivity contribution in [1.29, 1.82) is 0 Å². The Balaban J connectivity index is 1.54. The molecule has 3 heterocycles. The number of nitrogens with zero attached hydrogens (tertiary/aromatic N) is 3. The number of anilines is 1. The third-order valence-electron chi connectivity index (χ3n) is 6.46. The predicted molar refractivity (Wildman–Crippen MR) is 113 cm³/mol. The van der Waals surface area contributed by atoms with E-state index in [-0.39, 0.29) is 40.6 Å². The SMILES string of the molecule is CC(C)Nc1n[nH]c2nc(C3CCN(C(=O)C4CCCCC4)CC3)cc(C(F)(F)F)c12. The average Bonchev–Trinajstić information content (AvgIpc) is 3.14. The molecule has 2 aliphatic rings. The Bertz CT molecular complexity index is 925. The number of H-pyrrole nitrogens is 1. The van der Waals surface area contributed by atoms with Crippen LogP contribution in [0.4, 0.5) is 19.0 Å². The summed E-state index contributed by atoms with van der Waals surface area (Å²) in [5.74, 6) is 0.402. The lowest BCUT2D eigenvalue weighted by Crippen LogP contribution is -2.42. The van der Waals surface area contributed by atoms with Gasteiger partial charge in [-0.15, -0.1) is 0 Å². The van der Waals surface area contributed by atoms with Crippen molar-refractivity contribution in [3.05, 3.63) is 17.3 Å². The topological polar surface area (TPSA) is 73.9 Å². The molecule has 1 saturated heterocycles. The molecule has 6 nitrogen and oxygen atoms in total. The molecular weight excluding hydrogens is 407 g/mol. The van der Waals surface area contributed by atoms with Gasteiger partial charge in [0.1, 0.15) is 0 Å². The summed E-state index contributed by atoms with van der Waals surface area (Å²) in [6.07, 6.45) is 2.06. The molecule has 2 aromatic rings. The van der Waals surface area contributed by atoms with Gasteiger partial charge in [0.2, 0.25) is 5.91 Å². The van der Waals surface area contributed by atoms with E-state index >= 15 is 0 Å². The molecule has 9 heteroatoms. The fourth-order valence-corrected chi connectivity index (χ4v) is 4.86. The number of hydrogen-bond donors (Lipinski definition) is 2. The zero-order chi connectivity index (χ0) is 22.2. The molecule has 0 atom stereocenters. The monoisotopic (exact) mass is 437 g/mol. The second-order valence-corrected chi connectivity index (χ2v) is 9.12. The number of amides is 1. The van der Waals surface area contributed by atoms with Crippen molar-refractivity contribution in [1.82, 2.24) is 20.1 Å². The molecule has 0 bridgehead atoms. The van der Waals surface area contributed by atoms with E-state index in [2.05, 4.69) is 20.5 Å². The van der Waals surface area contributed by atoms with Crippen LogP contribution in [0.3, 0.4) is 0 Å². The first-order valence-electron chi connectivity index (χ1n) is 11.3. The molecular formula is C22H30F3N5O. The second-order valence-electron chi connectivity index (χ2n) is 9.12. The van der Waals surface area contributed by atoms with Gasteiger partial charge in [-0.1, -0.05) is 19.3 Å². The minimum atomic E-state index is -4.51. The fraction of sp³-hybridized carbons (Fsp3) is 0.682. The molecule has 4 rings (SSSR count). The Morgan fingerprint density at radius 3 is 2.45 bits per heavy atom. The average molecular weight is 438 g/mol. The summed E-state index contributed by atoms with van der Waals surface area (Å²) in [5.41, 5.74) is -0.150. The highest BCUT2D eigenvalue weighted by molar-refractivity contribution is 5.91. The Hall–Kier alpha value is -2.32. The van der Waals surface area contributed by atoms with Crippen molar-refractivity contribution in [3.8, 4) is 0 Å². The van der Waals surface area contributed by atoms with Crippen molar-refractivity contribution in [2.75, 3.05) is 18.4 Å². The molecule has 0 spiro atoms. The van der Waals surface area contributed by atoms with Gasteiger partial charge in [0.05, 0.1) is 10.9 Å². The van der Waals surface area contributed by atoms with Gasteiger partial charge in [-0.05, 0) is 45.6 Å². The van der Waals surface area contributed by atoms with E-state index < -0.39 is 11.7 Å². The second kappa shape index (κ2) is 8.67. The van der Waals surface area contributed by atoms with E-state index in [4.69, 9.17) is 0 Å². The maximum absolute atomic E-state index is 13.9. The van der Waals surface area contributed by atoms with Crippen molar-refractivity contribution < 1.29 is 18.0 Å². The van der Waals surface area contributed by atoms with Gasteiger partial charge in [-0.25, -0.2) is 4.98 Å². The third-order valence-corrected chi connectivity index (χ3v) is 6.46. The highest BCUT2D eigenvalue weighted by Crippen LogP contribution is 2.40. The number of rotatable bonds is 4. The van der Waals surface area contributed by atoms with Crippen LogP contribution in [0.1, 0.15) is 76.0 Å². The van der Waals surface area contributed by atoms with Crippen LogP contribution in [0.5, 0.6) is 0 Å². The zero-order valence-electron chi connectivity index (χ0n) is 18.1. The molecule has 2 fully saturated rings. The van der Waals surface area contributed by atoms with Crippen LogP contribution in [0.25, 0.3) is 11.0 Å². The minimum absolute atomic E-state index is 0.0186. The summed E-state index contributed by atoms with van der Waals surface area (Å²) in [5, 5.41) is 9.64. The molecule has 2 aromatic heterocycles. The van der Waals surface area contributed by atoms with E-state index in [1.807, 2.05) is 18.7 Å². The molecule has 1 aliphatic heterocycles. The lowest BCUT2D eigenvalue weighted by Gasteiger charge is -2.35. The number of carbonyl (C=O) groups is 1. The summed E-state index contributed by atoms with van der Waals surface area (Å²) >= 11 is 0. The normalized spacial score (nSPS) is 19.4. The van der Waals surface area contributed by atoms with Gasteiger partial charge in [0.25, 0.3) is 0 Å². The lowest BCUT2D eigenvalue weighted by molar-refractivity contribution is -0.137. The number of piperidine rings is 1. The number of carbonyl (C=O) groups excluding carboxylic acids is 1. The van der Waals surface area contributed by atoms with Crippen molar-refractivity contribution in [2.45, 2.75) is 76.9 Å². The van der Waals surface area contributed by atoms with Gasteiger partial charge in [0.15, 0.2) is 11.5 Å². The van der Waals surface area contributed by atoms with Gasteiger partial charge in [0, 0.05) is 36.7 Å². The van der Waals surface area contributed by atoms with Crippen molar-refractivity contribution in [3.63, 3.8) is 0 Å². The van der Waals surface area contributed by atoms with Crippen LogP contribution in [0.2, 0.25) is 0 Å². The van der Waals surface area contributed by atoms with Crippen LogP contribution in [0.15, 0.2) is 6.07 Å². The summed E-state index contributed by atoms with van der Waals surface area (Å²) < 4.78 is 41.7.